The molecule has 1 aromatic carbocycles. The van der Waals surface area contributed by atoms with Crippen molar-refractivity contribution in [1.29, 1.82) is 0 Å². The van der Waals surface area contributed by atoms with Gasteiger partial charge in [0.25, 0.3) is 0 Å². The highest BCUT2D eigenvalue weighted by molar-refractivity contribution is 7.87. The summed E-state index contributed by atoms with van der Waals surface area (Å²) in [5.74, 6) is -1.66. The summed E-state index contributed by atoms with van der Waals surface area (Å²) < 4.78 is 39.2. The van der Waals surface area contributed by atoms with Gasteiger partial charge in [-0.15, -0.1) is 0 Å². The molecule has 0 bridgehead atoms. The third kappa shape index (κ3) is 13.0. The third-order valence-corrected chi connectivity index (χ3v) is 6.95. The second-order valence-corrected chi connectivity index (χ2v) is 10.4. The van der Waals surface area contributed by atoms with Gasteiger partial charge in [-0.05, 0) is 24.6 Å². The zero-order valence-corrected chi connectivity index (χ0v) is 21.9. The maximum absolute atomic E-state index is 12.4. The number of carbonyl (C=O) groups is 2. The normalized spacial score (nSPS) is 11.3. The fraction of sp³-hybridized carbons (Fsp3) is 0.692. The standard InChI is InChI=1S/C26H42O7S/c1-4-5-6-7-8-9-10-11-12-13-14-15-16-17-18-34(29,30)33-24-20-22(25(27)31-2)19-23(21-24)26(28)32-3/h19-21H,4-18H2,1-3H3. The monoisotopic (exact) mass is 498 g/mol. The van der Waals surface area contributed by atoms with E-state index in [0.29, 0.717) is 6.42 Å². The van der Waals surface area contributed by atoms with Crippen LogP contribution in [-0.2, 0) is 19.6 Å². The minimum atomic E-state index is -3.85. The number of hydrogen-bond acceptors (Lipinski definition) is 7. The van der Waals surface area contributed by atoms with Crippen molar-refractivity contribution in [2.24, 2.45) is 0 Å². The van der Waals surface area contributed by atoms with E-state index in [1.54, 1.807) is 0 Å². The van der Waals surface area contributed by atoms with Gasteiger partial charge in [-0.1, -0.05) is 90.4 Å². The van der Waals surface area contributed by atoms with Gasteiger partial charge in [0.15, 0.2) is 0 Å². The Morgan fingerprint density at radius 3 is 1.41 bits per heavy atom. The summed E-state index contributed by atoms with van der Waals surface area (Å²) >= 11 is 0. The van der Waals surface area contributed by atoms with E-state index in [2.05, 4.69) is 16.4 Å². The van der Waals surface area contributed by atoms with E-state index in [-0.39, 0.29) is 22.6 Å². The van der Waals surface area contributed by atoms with Crippen LogP contribution in [0, 0.1) is 0 Å². The molecule has 8 heteroatoms. The Hall–Kier alpha value is -2.09. The first kappa shape index (κ1) is 29.9. The molecule has 1 rings (SSSR count). The van der Waals surface area contributed by atoms with Crippen molar-refractivity contribution in [2.45, 2.75) is 96.8 Å². The van der Waals surface area contributed by atoms with Crippen LogP contribution in [0.1, 0.15) is 118 Å². The van der Waals surface area contributed by atoms with Gasteiger partial charge in [0, 0.05) is 0 Å². The van der Waals surface area contributed by atoms with Crippen molar-refractivity contribution in [3.63, 3.8) is 0 Å². The summed E-state index contributed by atoms with van der Waals surface area (Å²) in [6.45, 7) is 2.24. The van der Waals surface area contributed by atoms with E-state index >= 15 is 0 Å². The Kier molecular flexibility index (Phi) is 15.3. The van der Waals surface area contributed by atoms with E-state index < -0.39 is 22.1 Å². The van der Waals surface area contributed by atoms with Gasteiger partial charge in [0.05, 0.1) is 31.1 Å². The summed E-state index contributed by atoms with van der Waals surface area (Å²) in [6.07, 6.45) is 16.5. The number of ether oxygens (including phenoxy) is 2. The van der Waals surface area contributed by atoms with E-state index in [0.717, 1.165) is 19.3 Å². The lowest BCUT2D eigenvalue weighted by molar-refractivity contribution is 0.0598. The van der Waals surface area contributed by atoms with Crippen molar-refractivity contribution in [3.05, 3.63) is 29.3 Å². The van der Waals surface area contributed by atoms with Crippen LogP contribution in [-0.4, -0.2) is 40.3 Å². The Morgan fingerprint density at radius 1 is 0.647 bits per heavy atom. The van der Waals surface area contributed by atoms with Crippen molar-refractivity contribution in [1.82, 2.24) is 0 Å². The Morgan fingerprint density at radius 2 is 1.03 bits per heavy atom. The smallest absolute Gasteiger partial charge is 0.338 e. The Labute approximate surface area is 205 Å². The first-order chi connectivity index (χ1) is 16.3. The van der Waals surface area contributed by atoms with E-state index in [4.69, 9.17) is 4.18 Å². The summed E-state index contributed by atoms with van der Waals surface area (Å²) in [4.78, 5) is 23.7. The van der Waals surface area contributed by atoms with Crippen LogP contribution in [0.5, 0.6) is 5.75 Å². The number of rotatable bonds is 19. The average Bonchev–Trinajstić information content (AvgIpc) is 2.82. The Balaban J connectivity index is 2.30. The molecule has 0 aromatic heterocycles. The summed E-state index contributed by atoms with van der Waals surface area (Å²) in [5, 5.41) is 0. The van der Waals surface area contributed by atoms with Crippen LogP contribution in [0.25, 0.3) is 0 Å². The van der Waals surface area contributed by atoms with Gasteiger partial charge < -0.3 is 13.7 Å². The zero-order chi connectivity index (χ0) is 25.2. The first-order valence-corrected chi connectivity index (χ1v) is 14.1. The maximum atomic E-state index is 12.4. The number of carbonyl (C=O) groups excluding carboxylic acids is 2. The number of unbranched alkanes of at least 4 members (excludes halogenated alkanes) is 13. The number of benzene rings is 1. The molecule has 1 aromatic rings. The molecule has 7 nitrogen and oxygen atoms in total. The highest BCUT2D eigenvalue weighted by Gasteiger charge is 2.18. The lowest BCUT2D eigenvalue weighted by Gasteiger charge is -2.10. The van der Waals surface area contributed by atoms with E-state index in [1.165, 1.54) is 96.6 Å². The lowest BCUT2D eigenvalue weighted by Crippen LogP contribution is -2.15. The number of methoxy groups -OCH3 is 2. The largest absolute Gasteiger partial charge is 0.465 e. The fourth-order valence-electron chi connectivity index (χ4n) is 3.78. The zero-order valence-electron chi connectivity index (χ0n) is 21.1. The van der Waals surface area contributed by atoms with Crippen molar-refractivity contribution in [3.8, 4) is 5.75 Å². The van der Waals surface area contributed by atoms with Crippen molar-refractivity contribution in [2.75, 3.05) is 20.0 Å². The predicted octanol–water partition coefficient (Wildman–Crippen LogP) is 6.45. The summed E-state index contributed by atoms with van der Waals surface area (Å²) in [5.41, 5.74) is 0.0131. The molecule has 0 unspecified atom stereocenters. The molecule has 0 spiro atoms. The Bertz CT molecular complexity index is 799. The molecule has 0 radical (unpaired) electrons. The average molecular weight is 499 g/mol. The maximum Gasteiger partial charge on any atom is 0.338 e. The molecule has 0 fully saturated rings. The fourth-order valence-corrected chi connectivity index (χ4v) is 4.81. The van der Waals surface area contributed by atoms with Crippen LogP contribution >= 0.6 is 0 Å². The number of esters is 2. The summed E-state index contributed by atoms with van der Waals surface area (Å²) in [6, 6.07) is 3.74. The van der Waals surface area contributed by atoms with Gasteiger partial charge >= 0.3 is 22.1 Å². The predicted molar refractivity (Wildman–Crippen MR) is 134 cm³/mol. The van der Waals surface area contributed by atoms with Gasteiger partial charge in [-0.3, -0.25) is 0 Å². The van der Waals surface area contributed by atoms with E-state index in [9.17, 15) is 18.0 Å². The molecule has 0 aliphatic carbocycles. The summed E-state index contributed by atoms with van der Waals surface area (Å²) in [7, 11) is -1.46. The first-order valence-electron chi connectivity index (χ1n) is 12.6. The topological polar surface area (TPSA) is 96.0 Å². The molecule has 194 valence electrons. The molecule has 0 aliphatic rings. The second kappa shape index (κ2) is 17.4. The second-order valence-electron chi connectivity index (χ2n) is 8.67. The molecule has 0 saturated heterocycles. The molecule has 0 heterocycles. The molecule has 0 saturated carbocycles. The van der Waals surface area contributed by atoms with Crippen LogP contribution in [0.15, 0.2) is 18.2 Å². The molecule has 34 heavy (non-hydrogen) atoms. The van der Waals surface area contributed by atoms with Gasteiger partial charge in [-0.25, -0.2) is 9.59 Å². The molecule has 0 amide bonds. The molecule has 0 N–H and O–H groups in total. The van der Waals surface area contributed by atoms with Crippen molar-refractivity contribution < 1.29 is 31.7 Å². The molecule has 0 aliphatic heterocycles. The van der Waals surface area contributed by atoms with Crippen LogP contribution in [0.2, 0.25) is 0 Å². The highest BCUT2D eigenvalue weighted by atomic mass is 32.2. The number of hydrogen-bond donors (Lipinski definition) is 0. The van der Waals surface area contributed by atoms with Crippen LogP contribution in [0.4, 0.5) is 0 Å². The van der Waals surface area contributed by atoms with Crippen LogP contribution < -0.4 is 4.18 Å². The lowest BCUT2D eigenvalue weighted by atomic mass is 10.0. The van der Waals surface area contributed by atoms with Gasteiger partial charge in [-0.2, -0.15) is 8.42 Å². The highest BCUT2D eigenvalue weighted by Crippen LogP contribution is 2.21. The van der Waals surface area contributed by atoms with Gasteiger partial charge in [0.1, 0.15) is 5.75 Å². The molecule has 0 atom stereocenters. The molecular formula is C26H42O7S. The minimum absolute atomic E-state index is 0.00657. The van der Waals surface area contributed by atoms with Gasteiger partial charge in [0.2, 0.25) is 0 Å². The third-order valence-electron chi connectivity index (χ3n) is 5.72. The van der Waals surface area contributed by atoms with Crippen LogP contribution in [0.3, 0.4) is 0 Å². The minimum Gasteiger partial charge on any atom is -0.465 e. The molecular weight excluding hydrogens is 456 g/mol. The SMILES string of the molecule is CCCCCCCCCCCCCCCCS(=O)(=O)Oc1cc(C(=O)OC)cc(C(=O)OC)c1. The quantitative estimate of drug-likeness (QED) is 0.123. The van der Waals surface area contributed by atoms with Crippen molar-refractivity contribution >= 4 is 22.1 Å². The van der Waals surface area contributed by atoms with E-state index in [1.807, 2.05) is 0 Å².